The molecule has 0 saturated heterocycles. The topological polar surface area (TPSA) is 111 Å². The SMILES string of the molecule is CC(=O)c1ccc(NC(=O)c2sc3nc4c(nnc5ccccc54)c(-c4ccc(C)cc4)c3c2N)cc1. The van der Waals surface area contributed by atoms with Gasteiger partial charge in [-0.15, -0.1) is 21.5 Å². The van der Waals surface area contributed by atoms with Gasteiger partial charge in [0.05, 0.1) is 11.2 Å². The smallest absolute Gasteiger partial charge is 0.267 e. The Morgan fingerprint density at radius 2 is 1.62 bits per heavy atom. The number of rotatable bonds is 4. The lowest BCUT2D eigenvalue weighted by Crippen LogP contribution is -2.12. The van der Waals surface area contributed by atoms with E-state index in [0.717, 1.165) is 27.6 Å². The molecule has 7 nitrogen and oxygen atoms in total. The Hall–Kier alpha value is -4.69. The minimum atomic E-state index is -0.342. The first-order valence-electron chi connectivity index (χ1n) is 11.7. The van der Waals surface area contributed by atoms with Gasteiger partial charge in [0.25, 0.3) is 5.91 Å². The Bertz CT molecular complexity index is 1860. The summed E-state index contributed by atoms with van der Waals surface area (Å²) in [6, 6.07) is 22.6. The van der Waals surface area contributed by atoms with Crippen LogP contribution in [0.15, 0.2) is 72.8 Å². The summed E-state index contributed by atoms with van der Waals surface area (Å²) in [5.41, 5.74) is 13.1. The van der Waals surface area contributed by atoms with Crippen LogP contribution < -0.4 is 11.1 Å². The van der Waals surface area contributed by atoms with Crippen molar-refractivity contribution in [3.8, 4) is 11.1 Å². The molecule has 3 aromatic heterocycles. The predicted molar refractivity (Wildman–Crippen MR) is 149 cm³/mol. The summed E-state index contributed by atoms with van der Waals surface area (Å²) in [7, 11) is 0. The highest BCUT2D eigenvalue weighted by Crippen LogP contribution is 2.43. The van der Waals surface area contributed by atoms with Crippen molar-refractivity contribution in [2.24, 2.45) is 0 Å². The van der Waals surface area contributed by atoms with Crippen LogP contribution in [-0.4, -0.2) is 26.9 Å². The molecule has 6 aromatic rings. The van der Waals surface area contributed by atoms with Gasteiger partial charge in [0, 0.05) is 27.6 Å². The second-order valence-electron chi connectivity index (χ2n) is 8.88. The van der Waals surface area contributed by atoms with Gasteiger partial charge in [-0.25, -0.2) is 4.98 Å². The average Bonchev–Trinajstić information content (AvgIpc) is 3.24. The number of aryl methyl sites for hydroxylation is 1. The summed E-state index contributed by atoms with van der Waals surface area (Å²) < 4.78 is 0. The number of hydrogen-bond donors (Lipinski definition) is 2. The van der Waals surface area contributed by atoms with Crippen molar-refractivity contribution in [1.82, 2.24) is 15.2 Å². The van der Waals surface area contributed by atoms with Gasteiger partial charge in [0.15, 0.2) is 5.78 Å². The van der Waals surface area contributed by atoms with Crippen molar-refractivity contribution in [3.63, 3.8) is 0 Å². The molecule has 37 heavy (non-hydrogen) atoms. The summed E-state index contributed by atoms with van der Waals surface area (Å²) >= 11 is 1.24. The van der Waals surface area contributed by atoms with E-state index in [-0.39, 0.29) is 11.7 Å². The number of carbonyl (C=O) groups is 2. The highest BCUT2D eigenvalue weighted by molar-refractivity contribution is 7.21. The number of carbonyl (C=O) groups excluding carboxylic acids is 2. The molecule has 8 heteroatoms. The maximum absolute atomic E-state index is 13.3. The van der Waals surface area contributed by atoms with Crippen LogP contribution in [0.1, 0.15) is 32.5 Å². The van der Waals surface area contributed by atoms with Crippen molar-refractivity contribution in [1.29, 1.82) is 0 Å². The van der Waals surface area contributed by atoms with E-state index in [4.69, 9.17) is 10.7 Å². The standard InChI is InChI=1S/C29H21N5O2S/c1-15-7-9-18(10-8-15)22-23-24(30)27(28(36)31-19-13-11-17(12-14-19)16(2)35)37-29(23)32-25-20-5-3-4-6-21(20)33-34-26(22)25/h3-14H,30H2,1-2H3,(H,31,36). The first-order valence-corrected chi connectivity index (χ1v) is 12.5. The van der Waals surface area contributed by atoms with E-state index in [1.807, 2.05) is 55.5 Å². The summed E-state index contributed by atoms with van der Waals surface area (Å²) in [6.45, 7) is 3.53. The lowest BCUT2D eigenvalue weighted by atomic mass is 9.98. The van der Waals surface area contributed by atoms with Crippen LogP contribution in [0.5, 0.6) is 0 Å². The number of pyridine rings is 1. The van der Waals surface area contributed by atoms with Gasteiger partial charge in [-0.05, 0) is 49.7 Å². The summed E-state index contributed by atoms with van der Waals surface area (Å²) in [6.07, 6.45) is 0. The number of thiophene rings is 1. The molecular weight excluding hydrogens is 482 g/mol. The third kappa shape index (κ3) is 3.88. The molecule has 0 aliphatic heterocycles. The van der Waals surface area contributed by atoms with Gasteiger partial charge in [-0.2, -0.15) is 0 Å². The van der Waals surface area contributed by atoms with E-state index in [1.54, 1.807) is 24.3 Å². The Morgan fingerprint density at radius 3 is 2.35 bits per heavy atom. The normalized spacial score (nSPS) is 11.3. The molecular formula is C29H21N5O2S. The molecule has 0 atom stereocenters. The van der Waals surface area contributed by atoms with Gasteiger partial charge in [0.2, 0.25) is 0 Å². The number of benzene rings is 3. The summed E-state index contributed by atoms with van der Waals surface area (Å²) in [5, 5.41) is 13.4. The highest BCUT2D eigenvalue weighted by atomic mass is 32.1. The van der Waals surface area contributed by atoms with Crippen LogP contribution >= 0.6 is 11.3 Å². The van der Waals surface area contributed by atoms with E-state index in [1.165, 1.54) is 18.3 Å². The number of nitrogens with two attached hydrogens (primary N) is 1. The fraction of sp³-hybridized carbons (Fsp3) is 0.0690. The maximum atomic E-state index is 13.3. The third-order valence-electron chi connectivity index (χ3n) is 6.36. The first-order chi connectivity index (χ1) is 17.9. The number of nitrogens with one attached hydrogen (secondary N) is 1. The minimum absolute atomic E-state index is 0.0379. The molecule has 0 saturated carbocycles. The highest BCUT2D eigenvalue weighted by Gasteiger charge is 2.24. The number of ketones is 1. The number of Topliss-reactive ketones (excluding diaryl/α,β-unsaturated/α-hetero) is 1. The van der Waals surface area contributed by atoms with E-state index in [2.05, 4.69) is 15.5 Å². The van der Waals surface area contributed by atoms with Crippen LogP contribution in [0, 0.1) is 6.92 Å². The van der Waals surface area contributed by atoms with Crippen LogP contribution in [0.4, 0.5) is 11.4 Å². The third-order valence-corrected chi connectivity index (χ3v) is 7.46. The zero-order valence-electron chi connectivity index (χ0n) is 20.1. The maximum Gasteiger partial charge on any atom is 0.267 e. The van der Waals surface area contributed by atoms with E-state index >= 15 is 0 Å². The predicted octanol–water partition coefficient (Wildman–Crippen LogP) is 6.41. The fourth-order valence-electron chi connectivity index (χ4n) is 4.44. The zero-order chi connectivity index (χ0) is 25.7. The van der Waals surface area contributed by atoms with E-state index in [0.29, 0.717) is 43.1 Å². The summed E-state index contributed by atoms with van der Waals surface area (Å²) in [5.74, 6) is -0.380. The number of aromatic nitrogens is 3. The van der Waals surface area contributed by atoms with Crippen LogP contribution in [0.2, 0.25) is 0 Å². The summed E-state index contributed by atoms with van der Waals surface area (Å²) in [4.78, 5) is 30.8. The Morgan fingerprint density at radius 1 is 0.892 bits per heavy atom. The number of amides is 1. The van der Waals surface area contributed by atoms with Gasteiger partial charge < -0.3 is 11.1 Å². The lowest BCUT2D eigenvalue weighted by Gasteiger charge is -2.10. The van der Waals surface area contributed by atoms with Gasteiger partial charge >= 0.3 is 0 Å². The van der Waals surface area contributed by atoms with Crippen molar-refractivity contribution >= 4 is 66.6 Å². The molecule has 0 bridgehead atoms. The number of nitrogen functional groups attached to an aromatic ring is 1. The fourth-order valence-corrected chi connectivity index (χ4v) is 5.44. The second-order valence-corrected chi connectivity index (χ2v) is 9.88. The average molecular weight is 504 g/mol. The molecule has 3 aromatic carbocycles. The van der Waals surface area contributed by atoms with Gasteiger partial charge in [-0.3, -0.25) is 9.59 Å². The Labute approximate surface area is 216 Å². The van der Waals surface area contributed by atoms with Gasteiger partial charge in [-0.1, -0.05) is 48.0 Å². The van der Waals surface area contributed by atoms with Crippen LogP contribution in [-0.2, 0) is 0 Å². The molecule has 6 rings (SSSR count). The molecule has 3 N–H and O–H groups in total. The second kappa shape index (κ2) is 8.76. The molecule has 0 aliphatic rings. The van der Waals surface area contributed by atoms with E-state index < -0.39 is 0 Å². The Balaban J connectivity index is 1.56. The molecule has 0 aliphatic carbocycles. The number of nitrogens with zero attached hydrogens (tertiary/aromatic N) is 3. The molecule has 0 radical (unpaired) electrons. The van der Waals surface area contributed by atoms with E-state index in [9.17, 15) is 9.59 Å². The molecule has 180 valence electrons. The monoisotopic (exact) mass is 503 g/mol. The minimum Gasteiger partial charge on any atom is -0.397 e. The first kappa shape index (κ1) is 22.8. The van der Waals surface area contributed by atoms with Crippen molar-refractivity contribution in [3.05, 3.63) is 88.8 Å². The molecule has 0 spiro atoms. The van der Waals surface area contributed by atoms with Crippen LogP contribution in [0.25, 0.3) is 43.3 Å². The molecule has 0 fully saturated rings. The number of fused-ring (bicyclic) bond motifs is 4. The largest absolute Gasteiger partial charge is 0.397 e. The number of anilines is 2. The molecule has 3 heterocycles. The molecule has 1 amide bonds. The zero-order valence-corrected chi connectivity index (χ0v) is 20.9. The van der Waals surface area contributed by atoms with Crippen molar-refractivity contribution < 1.29 is 9.59 Å². The van der Waals surface area contributed by atoms with Crippen molar-refractivity contribution in [2.45, 2.75) is 13.8 Å². The van der Waals surface area contributed by atoms with Crippen LogP contribution in [0.3, 0.4) is 0 Å². The lowest BCUT2D eigenvalue weighted by molar-refractivity contribution is 0.101. The van der Waals surface area contributed by atoms with Crippen molar-refractivity contribution in [2.75, 3.05) is 11.1 Å². The van der Waals surface area contributed by atoms with Gasteiger partial charge in [0.1, 0.15) is 20.7 Å². The number of hydrogen-bond acceptors (Lipinski definition) is 7. The Kier molecular flexibility index (Phi) is 5.39. The molecule has 0 unspecified atom stereocenters. The quantitative estimate of drug-likeness (QED) is 0.213.